The summed E-state index contributed by atoms with van der Waals surface area (Å²) in [6, 6.07) is 10.7. The van der Waals surface area contributed by atoms with E-state index < -0.39 is 0 Å². The first-order valence-corrected chi connectivity index (χ1v) is 7.64. The minimum Gasteiger partial charge on any atom is -0.493 e. The van der Waals surface area contributed by atoms with Gasteiger partial charge in [-0.05, 0) is 48.7 Å². The van der Waals surface area contributed by atoms with E-state index in [-0.39, 0.29) is 6.04 Å². The lowest BCUT2D eigenvalue weighted by molar-refractivity contribution is 0.185. The molecule has 3 heteroatoms. The second-order valence-electron chi connectivity index (χ2n) is 5.65. The van der Waals surface area contributed by atoms with Gasteiger partial charge >= 0.3 is 0 Å². The van der Waals surface area contributed by atoms with Crippen LogP contribution in [0.5, 0.6) is 5.75 Å². The van der Waals surface area contributed by atoms with Crippen LogP contribution in [0.1, 0.15) is 29.7 Å². The van der Waals surface area contributed by atoms with Crippen molar-refractivity contribution in [1.29, 1.82) is 0 Å². The number of hydrogen-bond donors (Lipinski definition) is 1. The summed E-state index contributed by atoms with van der Waals surface area (Å²) in [5.41, 5.74) is 3.88. The van der Waals surface area contributed by atoms with Crippen LogP contribution in [0.25, 0.3) is 0 Å². The third kappa shape index (κ3) is 2.93. The van der Waals surface area contributed by atoms with Crippen molar-refractivity contribution in [2.45, 2.75) is 26.3 Å². The molecule has 3 rings (SSSR count). The van der Waals surface area contributed by atoms with Crippen LogP contribution >= 0.6 is 0 Å². The molecule has 1 N–H and O–H groups in total. The zero-order valence-electron chi connectivity index (χ0n) is 12.7. The van der Waals surface area contributed by atoms with Gasteiger partial charge in [-0.2, -0.15) is 0 Å². The predicted molar refractivity (Wildman–Crippen MR) is 84.5 cm³/mol. The Morgan fingerprint density at radius 3 is 3.00 bits per heavy atom. The Morgan fingerprint density at radius 1 is 1.33 bits per heavy atom. The standard InChI is InChI=1S/C18H22N2O/c1-3-20-18(16-11-19-9-8-13(16)2)15-10-14-6-4-5-7-17(14)21-12-15/h4-9,11,15,18,20H,3,10,12H2,1-2H3. The Morgan fingerprint density at radius 2 is 2.19 bits per heavy atom. The topological polar surface area (TPSA) is 34.2 Å². The second kappa shape index (κ2) is 6.27. The Balaban J connectivity index is 1.88. The number of ether oxygens (including phenoxy) is 1. The first-order valence-electron chi connectivity index (χ1n) is 7.64. The van der Waals surface area contributed by atoms with E-state index in [4.69, 9.17) is 4.74 Å². The number of benzene rings is 1. The van der Waals surface area contributed by atoms with Gasteiger partial charge in [-0.3, -0.25) is 4.98 Å². The van der Waals surface area contributed by atoms with Crippen LogP contribution in [0.2, 0.25) is 0 Å². The fourth-order valence-electron chi connectivity index (χ4n) is 3.12. The van der Waals surface area contributed by atoms with E-state index in [1.54, 1.807) is 0 Å². The lowest BCUT2D eigenvalue weighted by Gasteiger charge is -2.33. The fourth-order valence-corrected chi connectivity index (χ4v) is 3.12. The summed E-state index contributed by atoms with van der Waals surface area (Å²) in [4.78, 5) is 4.31. The van der Waals surface area contributed by atoms with Gasteiger partial charge in [0, 0.05) is 24.4 Å². The first kappa shape index (κ1) is 14.1. The minimum absolute atomic E-state index is 0.289. The fraction of sp³-hybridized carbons (Fsp3) is 0.389. The van der Waals surface area contributed by atoms with Crippen LogP contribution in [-0.2, 0) is 6.42 Å². The molecule has 1 aromatic carbocycles. The summed E-state index contributed by atoms with van der Waals surface area (Å²) in [5, 5.41) is 3.62. The van der Waals surface area contributed by atoms with Crippen molar-refractivity contribution < 1.29 is 4.74 Å². The third-order valence-electron chi connectivity index (χ3n) is 4.22. The quantitative estimate of drug-likeness (QED) is 0.934. The van der Waals surface area contributed by atoms with Crippen LogP contribution in [0, 0.1) is 12.8 Å². The average molecular weight is 282 g/mol. The maximum atomic E-state index is 5.96. The number of aromatic nitrogens is 1. The van der Waals surface area contributed by atoms with Crippen molar-refractivity contribution in [2.24, 2.45) is 5.92 Å². The van der Waals surface area contributed by atoms with E-state index in [0.717, 1.165) is 25.3 Å². The molecule has 0 bridgehead atoms. The number of para-hydroxylation sites is 1. The van der Waals surface area contributed by atoms with Crippen molar-refractivity contribution in [3.05, 3.63) is 59.4 Å². The highest BCUT2D eigenvalue weighted by atomic mass is 16.5. The Kier molecular flexibility index (Phi) is 4.20. The van der Waals surface area contributed by atoms with Crippen molar-refractivity contribution in [1.82, 2.24) is 10.3 Å². The molecule has 0 radical (unpaired) electrons. The molecule has 1 aromatic heterocycles. The summed E-state index contributed by atoms with van der Waals surface area (Å²) in [5.74, 6) is 1.47. The largest absolute Gasteiger partial charge is 0.493 e. The average Bonchev–Trinajstić information content (AvgIpc) is 2.53. The molecule has 1 aliphatic rings. The molecule has 2 aromatic rings. The molecule has 0 saturated heterocycles. The number of aryl methyl sites for hydroxylation is 1. The summed E-state index contributed by atoms with van der Waals surface area (Å²) in [6.07, 6.45) is 4.89. The lowest BCUT2D eigenvalue weighted by atomic mass is 9.85. The normalized spacial score (nSPS) is 18.7. The highest BCUT2D eigenvalue weighted by molar-refractivity contribution is 5.36. The van der Waals surface area contributed by atoms with E-state index in [2.05, 4.69) is 48.4 Å². The monoisotopic (exact) mass is 282 g/mol. The van der Waals surface area contributed by atoms with Gasteiger partial charge in [0.2, 0.25) is 0 Å². The molecule has 21 heavy (non-hydrogen) atoms. The van der Waals surface area contributed by atoms with E-state index in [0.29, 0.717) is 5.92 Å². The molecule has 3 nitrogen and oxygen atoms in total. The summed E-state index contributed by atoms with van der Waals surface area (Å²) in [6.45, 7) is 6.00. The van der Waals surface area contributed by atoms with Gasteiger partial charge in [-0.1, -0.05) is 25.1 Å². The number of hydrogen-bond acceptors (Lipinski definition) is 3. The van der Waals surface area contributed by atoms with Crippen LogP contribution in [0.15, 0.2) is 42.7 Å². The van der Waals surface area contributed by atoms with Crippen molar-refractivity contribution >= 4 is 0 Å². The molecule has 0 fully saturated rings. The molecular formula is C18H22N2O. The molecule has 0 spiro atoms. The van der Waals surface area contributed by atoms with Gasteiger partial charge in [0.1, 0.15) is 5.75 Å². The summed E-state index contributed by atoms with van der Waals surface area (Å²) in [7, 11) is 0. The number of nitrogens with zero attached hydrogens (tertiary/aromatic N) is 1. The molecule has 0 saturated carbocycles. The summed E-state index contributed by atoms with van der Waals surface area (Å²) < 4.78 is 5.96. The number of nitrogens with one attached hydrogen (secondary N) is 1. The van der Waals surface area contributed by atoms with Gasteiger partial charge in [0.05, 0.1) is 6.61 Å². The van der Waals surface area contributed by atoms with Crippen LogP contribution in [0.4, 0.5) is 0 Å². The Hall–Kier alpha value is -1.87. The minimum atomic E-state index is 0.289. The van der Waals surface area contributed by atoms with Crippen LogP contribution < -0.4 is 10.1 Å². The third-order valence-corrected chi connectivity index (χ3v) is 4.22. The first-order chi connectivity index (χ1) is 10.3. The van der Waals surface area contributed by atoms with Crippen molar-refractivity contribution in [3.8, 4) is 5.75 Å². The number of pyridine rings is 1. The highest BCUT2D eigenvalue weighted by Gasteiger charge is 2.28. The zero-order valence-corrected chi connectivity index (χ0v) is 12.7. The lowest BCUT2D eigenvalue weighted by Crippen LogP contribution is -2.35. The molecule has 0 aliphatic carbocycles. The van der Waals surface area contributed by atoms with Crippen molar-refractivity contribution in [2.75, 3.05) is 13.2 Å². The predicted octanol–water partition coefficient (Wildman–Crippen LogP) is 3.29. The Bertz CT molecular complexity index is 612. The SMILES string of the molecule is CCNC(c1cnccc1C)C1COc2ccccc2C1. The molecular weight excluding hydrogens is 260 g/mol. The van der Waals surface area contributed by atoms with E-state index >= 15 is 0 Å². The maximum absolute atomic E-state index is 5.96. The molecule has 110 valence electrons. The maximum Gasteiger partial charge on any atom is 0.122 e. The summed E-state index contributed by atoms with van der Waals surface area (Å²) >= 11 is 0. The van der Waals surface area contributed by atoms with E-state index in [1.165, 1.54) is 16.7 Å². The van der Waals surface area contributed by atoms with E-state index in [9.17, 15) is 0 Å². The van der Waals surface area contributed by atoms with Crippen molar-refractivity contribution in [3.63, 3.8) is 0 Å². The van der Waals surface area contributed by atoms with Crippen LogP contribution in [-0.4, -0.2) is 18.1 Å². The van der Waals surface area contributed by atoms with Crippen LogP contribution in [0.3, 0.4) is 0 Å². The molecule has 1 aliphatic heterocycles. The molecule has 0 amide bonds. The molecule has 2 unspecified atom stereocenters. The second-order valence-corrected chi connectivity index (χ2v) is 5.65. The van der Waals surface area contributed by atoms with Gasteiger partial charge < -0.3 is 10.1 Å². The van der Waals surface area contributed by atoms with Gasteiger partial charge in [-0.25, -0.2) is 0 Å². The Labute approximate surface area is 126 Å². The zero-order chi connectivity index (χ0) is 14.7. The molecule has 2 heterocycles. The smallest absolute Gasteiger partial charge is 0.122 e. The number of fused-ring (bicyclic) bond motifs is 1. The van der Waals surface area contributed by atoms with Gasteiger partial charge in [0.25, 0.3) is 0 Å². The number of rotatable bonds is 4. The van der Waals surface area contributed by atoms with E-state index in [1.807, 2.05) is 18.5 Å². The van der Waals surface area contributed by atoms with Gasteiger partial charge in [0.15, 0.2) is 0 Å². The van der Waals surface area contributed by atoms with Gasteiger partial charge in [-0.15, -0.1) is 0 Å². The molecule has 2 atom stereocenters. The highest BCUT2D eigenvalue weighted by Crippen LogP contribution is 2.34.